The Labute approximate surface area is 211 Å². The van der Waals surface area contributed by atoms with Gasteiger partial charge in [0.2, 0.25) is 0 Å². The maximum absolute atomic E-state index is 13.4. The zero-order valence-electron chi connectivity index (χ0n) is 21.2. The van der Waals surface area contributed by atoms with Crippen molar-refractivity contribution < 1.29 is 39.5 Å². The van der Waals surface area contributed by atoms with E-state index >= 15 is 0 Å². The van der Waals surface area contributed by atoms with Crippen LogP contribution in [0.2, 0.25) is 0 Å². The molecule has 4 aliphatic carbocycles. The van der Waals surface area contributed by atoms with E-state index in [9.17, 15) is 30.0 Å². The quantitative estimate of drug-likeness (QED) is 0.334. The lowest BCUT2D eigenvalue weighted by atomic mass is 9.43. The molecule has 0 amide bonds. The maximum atomic E-state index is 13.4. The molecule has 4 N–H and O–H groups in total. The number of aliphatic hydroxyl groups is 4. The van der Waals surface area contributed by atoms with Crippen molar-refractivity contribution >= 4 is 11.8 Å². The Morgan fingerprint density at radius 2 is 1.94 bits per heavy atom. The van der Waals surface area contributed by atoms with Crippen molar-refractivity contribution in [1.82, 2.24) is 0 Å². The highest BCUT2D eigenvalue weighted by Gasteiger charge is 2.83. The van der Waals surface area contributed by atoms with Gasteiger partial charge in [0, 0.05) is 12.3 Å². The van der Waals surface area contributed by atoms with E-state index < -0.39 is 41.7 Å². The fourth-order valence-electron chi connectivity index (χ4n) is 9.86. The molecule has 8 nitrogen and oxygen atoms in total. The summed E-state index contributed by atoms with van der Waals surface area (Å²) in [6.45, 7) is 5.47. The van der Waals surface area contributed by atoms with E-state index in [1.807, 2.05) is 6.92 Å². The number of hydrogen-bond acceptors (Lipinski definition) is 8. The average molecular weight is 503 g/mol. The fraction of sp³-hybridized carbons (Fsp3) is 0.786. The third kappa shape index (κ3) is 2.83. The van der Waals surface area contributed by atoms with Crippen LogP contribution in [-0.2, 0) is 19.1 Å². The standard InChI is InChI=1S/C28H38O8/c1-13-8-20(35-25(34)16(13)11-29)14(2)17-4-5-18-15-9-23-28(36-23)22(33)7-6-21(32)27(28,12-30)24(15)19(31)10-26(17,18)3/h6-7,14-15,17-20,22-24,29-31,33H,4-5,8-12H2,1-3H3. The largest absolute Gasteiger partial charge is 0.458 e. The highest BCUT2D eigenvalue weighted by Crippen LogP contribution is 2.73. The van der Waals surface area contributed by atoms with Gasteiger partial charge in [-0.15, -0.1) is 0 Å². The highest BCUT2D eigenvalue weighted by molar-refractivity contribution is 5.98. The van der Waals surface area contributed by atoms with Gasteiger partial charge in [0.15, 0.2) is 5.78 Å². The van der Waals surface area contributed by atoms with Crippen LogP contribution in [0.5, 0.6) is 0 Å². The normalized spacial score (nSPS) is 52.2. The number of allylic oxidation sites excluding steroid dienone is 1. The van der Waals surface area contributed by atoms with Gasteiger partial charge in [-0.05, 0) is 73.8 Å². The van der Waals surface area contributed by atoms with E-state index in [-0.39, 0.29) is 53.7 Å². The molecule has 0 aromatic heterocycles. The molecule has 0 bridgehead atoms. The summed E-state index contributed by atoms with van der Waals surface area (Å²) in [4.78, 5) is 25.9. The van der Waals surface area contributed by atoms with Crippen LogP contribution in [0.25, 0.3) is 0 Å². The average Bonchev–Trinajstić information content (AvgIpc) is 3.47. The van der Waals surface area contributed by atoms with Gasteiger partial charge in [-0.25, -0.2) is 4.79 Å². The Balaban J connectivity index is 1.32. The van der Waals surface area contributed by atoms with Crippen LogP contribution in [0, 0.1) is 40.4 Å². The molecule has 1 saturated heterocycles. The molecule has 3 saturated carbocycles. The predicted molar refractivity (Wildman–Crippen MR) is 127 cm³/mol. The van der Waals surface area contributed by atoms with Gasteiger partial charge in [0.25, 0.3) is 0 Å². The van der Waals surface area contributed by atoms with Crippen molar-refractivity contribution in [2.45, 2.75) is 82.9 Å². The molecule has 0 aromatic carbocycles. The lowest BCUT2D eigenvalue weighted by Gasteiger charge is -2.60. The van der Waals surface area contributed by atoms with Gasteiger partial charge in [-0.2, -0.15) is 0 Å². The molecule has 6 rings (SSSR count). The number of aliphatic hydroxyl groups excluding tert-OH is 4. The number of ether oxygens (including phenoxy) is 2. The summed E-state index contributed by atoms with van der Waals surface area (Å²) < 4.78 is 11.9. The number of hydrogen-bond donors (Lipinski definition) is 4. The number of epoxide rings is 1. The predicted octanol–water partition coefficient (Wildman–Crippen LogP) is 1.30. The molecular formula is C28H38O8. The van der Waals surface area contributed by atoms with E-state index in [1.165, 1.54) is 12.2 Å². The van der Waals surface area contributed by atoms with E-state index in [2.05, 4.69) is 13.8 Å². The van der Waals surface area contributed by atoms with Crippen LogP contribution in [0.4, 0.5) is 0 Å². The first kappa shape index (κ1) is 24.7. The number of carbonyl (C=O) groups is 2. The Morgan fingerprint density at radius 1 is 1.19 bits per heavy atom. The molecule has 4 fully saturated rings. The van der Waals surface area contributed by atoms with Crippen LogP contribution in [-0.4, -0.2) is 75.4 Å². The van der Waals surface area contributed by atoms with Crippen molar-refractivity contribution in [1.29, 1.82) is 0 Å². The number of ketones is 1. The summed E-state index contributed by atoms with van der Waals surface area (Å²) in [5.41, 5.74) is -1.47. The van der Waals surface area contributed by atoms with Gasteiger partial charge in [0.05, 0.1) is 36.4 Å². The minimum Gasteiger partial charge on any atom is -0.458 e. The first-order chi connectivity index (χ1) is 17.1. The van der Waals surface area contributed by atoms with Crippen LogP contribution in [0.3, 0.4) is 0 Å². The van der Waals surface area contributed by atoms with Crippen molar-refractivity contribution in [3.63, 3.8) is 0 Å². The summed E-state index contributed by atoms with van der Waals surface area (Å²) in [5, 5.41) is 42.8. The Morgan fingerprint density at radius 3 is 2.61 bits per heavy atom. The van der Waals surface area contributed by atoms with Gasteiger partial charge >= 0.3 is 5.97 Å². The summed E-state index contributed by atoms with van der Waals surface area (Å²) >= 11 is 0. The molecule has 198 valence electrons. The topological polar surface area (TPSA) is 137 Å². The van der Waals surface area contributed by atoms with E-state index in [4.69, 9.17) is 9.47 Å². The van der Waals surface area contributed by atoms with Crippen LogP contribution in [0.1, 0.15) is 52.9 Å². The molecular weight excluding hydrogens is 464 g/mol. The fourth-order valence-corrected chi connectivity index (χ4v) is 9.86. The smallest absolute Gasteiger partial charge is 0.336 e. The van der Waals surface area contributed by atoms with E-state index in [1.54, 1.807) is 0 Å². The van der Waals surface area contributed by atoms with Crippen molar-refractivity contribution in [2.24, 2.45) is 40.4 Å². The summed E-state index contributed by atoms with van der Waals surface area (Å²) in [6, 6.07) is 0. The molecule has 6 aliphatic rings. The lowest BCUT2D eigenvalue weighted by Crippen LogP contribution is -2.69. The second-order valence-corrected chi connectivity index (χ2v) is 12.6. The third-order valence-electron chi connectivity index (χ3n) is 11.5. The number of cyclic esters (lactones) is 1. The molecule has 12 unspecified atom stereocenters. The maximum Gasteiger partial charge on any atom is 0.336 e. The third-order valence-corrected chi connectivity index (χ3v) is 11.5. The van der Waals surface area contributed by atoms with Gasteiger partial charge in [-0.1, -0.05) is 19.4 Å². The van der Waals surface area contributed by atoms with Crippen molar-refractivity contribution in [3.8, 4) is 0 Å². The zero-order chi connectivity index (χ0) is 25.8. The monoisotopic (exact) mass is 502 g/mol. The van der Waals surface area contributed by atoms with Gasteiger partial charge in [-0.3, -0.25) is 4.79 Å². The summed E-state index contributed by atoms with van der Waals surface area (Å²) in [5.74, 6) is -0.686. The molecule has 2 aliphatic heterocycles. The zero-order valence-corrected chi connectivity index (χ0v) is 21.2. The van der Waals surface area contributed by atoms with Crippen molar-refractivity contribution in [3.05, 3.63) is 23.3 Å². The number of esters is 1. The molecule has 0 radical (unpaired) electrons. The Bertz CT molecular complexity index is 1050. The van der Waals surface area contributed by atoms with Crippen LogP contribution < -0.4 is 0 Å². The minimum absolute atomic E-state index is 0.0112. The molecule has 1 spiro atoms. The molecule has 0 aromatic rings. The van der Waals surface area contributed by atoms with Gasteiger partial charge in [0.1, 0.15) is 17.8 Å². The Kier molecular flexibility index (Phi) is 5.47. The summed E-state index contributed by atoms with van der Waals surface area (Å²) in [7, 11) is 0. The van der Waals surface area contributed by atoms with Crippen molar-refractivity contribution in [2.75, 3.05) is 13.2 Å². The SMILES string of the molecule is CC1=C(CO)C(=O)OC(C(C)C2CCC3C4CC5OC56C(O)C=CC(=O)C6(CO)C4C(O)CC23C)C1. The molecule has 36 heavy (non-hydrogen) atoms. The summed E-state index contributed by atoms with van der Waals surface area (Å²) in [6.07, 6.45) is 4.04. The molecule has 12 atom stereocenters. The van der Waals surface area contributed by atoms with E-state index in [0.717, 1.165) is 18.4 Å². The second-order valence-electron chi connectivity index (χ2n) is 12.6. The number of fused-ring (bicyclic) bond motifs is 4. The first-order valence-corrected chi connectivity index (χ1v) is 13.4. The minimum atomic E-state index is -1.33. The Hall–Kier alpha value is -1.58. The molecule has 2 heterocycles. The van der Waals surface area contributed by atoms with E-state index in [0.29, 0.717) is 24.8 Å². The lowest BCUT2D eigenvalue weighted by molar-refractivity contribution is -0.189. The van der Waals surface area contributed by atoms with Crippen LogP contribution >= 0.6 is 0 Å². The molecule has 8 heteroatoms. The number of carbonyl (C=O) groups excluding carboxylic acids is 2. The van der Waals surface area contributed by atoms with Gasteiger partial charge < -0.3 is 29.9 Å². The first-order valence-electron chi connectivity index (χ1n) is 13.4. The second kappa shape index (κ2) is 7.96. The highest BCUT2D eigenvalue weighted by atomic mass is 16.6. The van der Waals surface area contributed by atoms with Crippen LogP contribution in [0.15, 0.2) is 23.3 Å². The number of rotatable bonds is 4.